The van der Waals surface area contributed by atoms with Crippen LogP contribution >= 0.6 is 0 Å². The molecule has 0 saturated heterocycles. The first kappa shape index (κ1) is 24.2. The highest BCUT2D eigenvalue weighted by atomic mass is 35.5. The van der Waals surface area contributed by atoms with Crippen molar-refractivity contribution in [3.63, 3.8) is 0 Å². The molecule has 1 atom stereocenters. The Morgan fingerprint density at radius 3 is 2.57 bits per heavy atom. The van der Waals surface area contributed by atoms with Gasteiger partial charge in [-0.25, -0.2) is 9.36 Å². The van der Waals surface area contributed by atoms with Crippen LogP contribution in [0.4, 0.5) is 4.79 Å². The van der Waals surface area contributed by atoms with Crippen LogP contribution in [0.15, 0.2) is 63.5 Å². The minimum atomic E-state index is -1.25. The van der Waals surface area contributed by atoms with Gasteiger partial charge in [0.05, 0.1) is 6.42 Å². The van der Waals surface area contributed by atoms with E-state index in [-0.39, 0.29) is 31.9 Å². The number of hydrogen-bond acceptors (Lipinski definition) is 6. The first-order chi connectivity index (χ1) is 13.9. The van der Waals surface area contributed by atoms with Crippen LogP contribution in [0.1, 0.15) is 12.5 Å². The van der Waals surface area contributed by atoms with Crippen LogP contribution < -0.4 is 22.5 Å². The summed E-state index contributed by atoms with van der Waals surface area (Å²) in [6, 6.07) is 3.94. The number of pyridine rings is 1. The fourth-order valence-electron chi connectivity index (χ4n) is 2.20. The molecular weight excluding hydrogens is 422 g/mol. The molecule has 2 heterocycles. The lowest BCUT2D eigenvalue weighted by molar-refractivity contribution is -0.707. The van der Waals surface area contributed by atoms with E-state index in [0.717, 1.165) is 17.2 Å². The number of aliphatic carboxylic acids is 2. The number of hydrogen-bond donors (Lipinski definition) is 3. The second kappa shape index (κ2) is 11.9. The number of carboxylic acids is 2. The monoisotopic (exact) mass is 439 g/mol. The molecule has 0 bridgehead atoms. The molecule has 14 heteroatoms. The molecule has 0 radical (unpaired) electrons. The summed E-state index contributed by atoms with van der Waals surface area (Å²) in [7, 11) is 0. The first-order valence-electron chi connectivity index (χ1n) is 8.22. The van der Waals surface area contributed by atoms with Crippen molar-refractivity contribution in [3.8, 4) is 0 Å². The number of halogens is 1. The molecule has 0 fully saturated rings. The third-order valence-corrected chi connectivity index (χ3v) is 3.61. The van der Waals surface area contributed by atoms with E-state index < -0.39 is 24.1 Å². The maximum atomic E-state index is 11.4. The normalized spacial score (nSPS) is 12.7. The first-order valence-corrected chi connectivity index (χ1v) is 8.22. The molecule has 3 N–H and O–H groups in total. The van der Waals surface area contributed by atoms with Gasteiger partial charge in [0.15, 0.2) is 11.8 Å². The Balaban J connectivity index is 0.00000450. The number of imidazole rings is 1. The van der Waals surface area contributed by atoms with Gasteiger partial charge in [-0.3, -0.25) is 4.79 Å². The van der Waals surface area contributed by atoms with Crippen molar-refractivity contribution in [1.29, 1.82) is 0 Å². The molecule has 1 unspecified atom stereocenters. The summed E-state index contributed by atoms with van der Waals surface area (Å²) >= 11 is 0. The Labute approximate surface area is 175 Å². The van der Waals surface area contributed by atoms with E-state index in [4.69, 9.17) is 10.2 Å². The van der Waals surface area contributed by atoms with E-state index >= 15 is 0 Å². The fraction of sp³-hybridized carbons (Fsp3) is 0.250. The Morgan fingerprint density at radius 1 is 1.17 bits per heavy atom. The number of nitrogens with zero attached hydrogens (tertiary/aromatic N) is 7. The van der Waals surface area contributed by atoms with Crippen LogP contribution in [0.2, 0.25) is 0 Å². The Hall–Kier alpha value is -3.87. The fourth-order valence-corrected chi connectivity index (χ4v) is 2.20. The van der Waals surface area contributed by atoms with Crippen molar-refractivity contribution in [2.45, 2.75) is 19.0 Å². The second-order valence-electron chi connectivity index (χ2n) is 5.57. The summed E-state index contributed by atoms with van der Waals surface area (Å²) < 4.78 is 3.60. The Kier molecular flexibility index (Phi) is 9.55. The van der Waals surface area contributed by atoms with E-state index in [9.17, 15) is 19.5 Å². The summed E-state index contributed by atoms with van der Waals surface area (Å²) in [5.74, 6) is -2.14. The van der Waals surface area contributed by atoms with Crippen molar-refractivity contribution in [2.24, 2.45) is 20.4 Å². The molecule has 0 amide bonds. The zero-order valence-corrected chi connectivity index (χ0v) is 16.1. The Bertz CT molecular complexity index is 1010. The van der Waals surface area contributed by atoms with Gasteiger partial charge in [0.1, 0.15) is 18.9 Å². The van der Waals surface area contributed by atoms with Crippen LogP contribution in [-0.4, -0.2) is 55.4 Å². The molecule has 0 aliphatic heterocycles. The second-order valence-corrected chi connectivity index (χ2v) is 5.57. The summed E-state index contributed by atoms with van der Waals surface area (Å²) in [6.07, 6.45) is 4.98. The average Bonchev–Trinajstić information content (AvgIpc) is 3.16. The smallest absolute Gasteiger partial charge is 0.509 e. The van der Waals surface area contributed by atoms with Crippen molar-refractivity contribution >= 4 is 24.4 Å². The van der Waals surface area contributed by atoms with Gasteiger partial charge >= 0.3 is 18.0 Å². The average molecular weight is 440 g/mol. The highest BCUT2D eigenvalue weighted by Crippen LogP contribution is 1.99. The van der Waals surface area contributed by atoms with Crippen LogP contribution in [0.5, 0.6) is 0 Å². The lowest BCUT2D eigenvalue weighted by Crippen LogP contribution is -3.00. The molecule has 0 saturated carbocycles. The summed E-state index contributed by atoms with van der Waals surface area (Å²) in [5.41, 5.74) is 0.411. The van der Waals surface area contributed by atoms with Gasteiger partial charge in [-0.2, -0.15) is 9.91 Å². The highest BCUT2D eigenvalue weighted by Gasteiger charge is 2.25. The number of rotatable bonds is 9. The number of aryl methyl sites for hydroxylation is 1. The van der Waals surface area contributed by atoms with Gasteiger partial charge in [0.25, 0.3) is 6.33 Å². The number of carbonyl (C=O) groups is 3. The molecule has 13 nitrogen and oxygen atoms in total. The van der Waals surface area contributed by atoms with Gasteiger partial charge in [-0.15, -0.1) is 19.9 Å². The van der Waals surface area contributed by atoms with E-state index in [1.807, 2.05) is 0 Å². The largest absolute Gasteiger partial charge is 1.00 e. The maximum Gasteiger partial charge on any atom is 0.509 e. The van der Waals surface area contributed by atoms with Crippen LogP contribution in [0, 0.1) is 0 Å². The quantitative estimate of drug-likeness (QED) is 0.125. The molecule has 30 heavy (non-hydrogen) atoms. The molecule has 2 aromatic heterocycles. The Morgan fingerprint density at radius 2 is 1.93 bits per heavy atom. The molecular formula is C16H18ClN7O6. The third-order valence-electron chi connectivity index (χ3n) is 3.61. The lowest BCUT2D eigenvalue weighted by Gasteiger charge is -2.04. The van der Waals surface area contributed by atoms with Gasteiger partial charge in [0, 0.05) is 12.7 Å². The highest BCUT2D eigenvalue weighted by molar-refractivity contribution is 5.70. The zero-order chi connectivity index (χ0) is 21.2. The summed E-state index contributed by atoms with van der Waals surface area (Å²) in [6.45, 7) is -0.0286. The number of aromatic nitrogens is 3. The van der Waals surface area contributed by atoms with E-state index in [0.29, 0.717) is 5.49 Å². The van der Waals surface area contributed by atoms with E-state index in [2.05, 4.69) is 20.4 Å². The molecule has 160 valence electrons. The van der Waals surface area contributed by atoms with Crippen LogP contribution in [-0.2, 0) is 16.1 Å². The minimum absolute atomic E-state index is 0. The summed E-state index contributed by atoms with van der Waals surface area (Å²) in [4.78, 5) is 32.9. The molecule has 0 aliphatic carbocycles. The predicted octanol–water partition coefficient (Wildman–Crippen LogP) is -2.80. The van der Waals surface area contributed by atoms with Crippen molar-refractivity contribution in [3.05, 3.63) is 48.6 Å². The molecule has 0 spiro atoms. The third kappa shape index (κ3) is 7.27. The maximum absolute atomic E-state index is 11.4. The number of carboxylic acid groups (broad SMARTS) is 3. The van der Waals surface area contributed by atoms with Crippen LogP contribution in [0.25, 0.3) is 0 Å². The molecule has 2 rings (SSSR count). The van der Waals surface area contributed by atoms with Gasteiger partial charge < -0.3 is 32.3 Å². The topological polar surface area (TPSA) is 175 Å². The minimum Gasteiger partial charge on any atom is -1.00 e. The van der Waals surface area contributed by atoms with Crippen molar-refractivity contribution in [1.82, 2.24) is 9.13 Å². The SMILES string of the molecule is O=C(O)CCn1ccccc1=NN=CN=NCC(C(=O)O)[n+]1ccn(C(=O)O)c1.[Cl-]. The predicted molar refractivity (Wildman–Crippen MR) is 95.2 cm³/mol. The summed E-state index contributed by atoms with van der Waals surface area (Å²) in [5, 5.41) is 41.8. The van der Waals surface area contributed by atoms with Crippen molar-refractivity contribution < 1.29 is 46.7 Å². The molecule has 2 aromatic rings. The van der Waals surface area contributed by atoms with Gasteiger partial charge in [-0.05, 0) is 12.1 Å². The van der Waals surface area contributed by atoms with Crippen LogP contribution in [0.3, 0.4) is 0 Å². The molecule has 0 aromatic carbocycles. The van der Waals surface area contributed by atoms with Crippen molar-refractivity contribution in [2.75, 3.05) is 6.54 Å². The van der Waals surface area contributed by atoms with E-state index in [1.165, 1.54) is 17.0 Å². The van der Waals surface area contributed by atoms with Gasteiger partial charge in [-0.1, -0.05) is 6.07 Å². The van der Waals surface area contributed by atoms with Gasteiger partial charge in [0.2, 0.25) is 6.04 Å². The standard InChI is InChI=1S/C16H17N7O6.ClH/c24-14(25)4-6-21-5-2-1-3-13(21)20-19-10-18-17-9-12(15(26)27)22-7-8-23(11-22)16(28)29;/h1-3,5,7-8,10-12H,4,6,9H2,(H2-,24,25,26,27,28,29);1H. The lowest BCUT2D eigenvalue weighted by atomic mass is 10.3. The zero-order valence-electron chi connectivity index (χ0n) is 15.4. The number of azo groups is 1. The van der Waals surface area contributed by atoms with E-state index in [1.54, 1.807) is 29.0 Å². The molecule has 0 aliphatic rings.